The van der Waals surface area contributed by atoms with Crippen LogP contribution >= 0.6 is 0 Å². The summed E-state index contributed by atoms with van der Waals surface area (Å²) >= 11 is 0. The second kappa shape index (κ2) is 11.3. The van der Waals surface area contributed by atoms with Crippen LogP contribution in [0.1, 0.15) is 36.7 Å². The highest BCUT2D eigenvalue weighted by Gasteiger charge is 2.10. The fourth-order valence-electron chi connectivity index (χ4n) is 2.67. The van der Waals surface area contributed by atoms with Crippen molar-refractivity contribution in [3.63, 3.8) is 0 Å². The maximum absolute atomic E-state index is 10.2. The number of nitrogens with one attached hydrogen (secondary N) is 2. The SMILES string of the molecule is CCNC(=NCC(OC)c1ccccc1)NCCC(O)c1ccccc1. The zero-order chi connectivity index (χ0) is 18.6. The molecule has 26 heavy (non-hydrogen) atoms. The quantitative estimate of drug-likeness (QED) is 0.478. The predicted molar refractivity (Wildman–Crippen MR) is 106 cm³/mol. The molecule has 0 saturated carbocycles. The number of guanidine groups is 1. The molecule has 0 radical (unpaired) electrons. The topological polar surface area (TPSA) is 65.9 Å². The van der Waals surface area contributed by atoms with Gasteiger partial charge in [0, 0.05) is 20.2 Å². The molecular weight excluding hydrogens is 326 g/mol. The molecule has 5 heteroatoms. The fraction of sp³-hybridized carbons (Fsp3) is 0.381. The molecule has 2 atom stereocenters. The first kappa shape index (κ1) is 19.9. The molecule has 3 N–H and O–H groups in total. The minimum absolute atomic E-state index is 0.0819. The number of benzene rings is 2. The molecule has 140 valence electrons. The van der Waals surface area contributed by atoms with Crippen molar-refractivity contribution in [1.29, 1.82) is 0 Å². The van der Waals surface area contributed by atoms with E-state index in [1.807, 2.05) is 67.6 Å². The Balaban J connectivity index is 1.87. The molecule has 0 fully saturated rings. The van der Waals surface area contributed by atoms with E-state index in [1.165, 1.54) is 0 Å². The van der Waals surface area contributed by atoms with E-state index in [1.54, 1.807) is 7.11 Å². The molecule has 0 aliphatic rings. The van der Waals surface area contributed by atoms with E-state index < -0.39 is 6.10 Å². The van der Waals surface area contributed by atoms with E-state index in [2.05, 4.69) is 15.6 Å². The number of aliphatic hydroxyl groups is 1. The third kappa shape index (κ3) is 6.50. The number of methoxy groups -OCH3 is 1. The maximum Gasteiger partial charge on any atom is 0.191 e. The van der Waals surface area contributed by atoms with Gasteiger partial charge in [-0.3, -0.25) is 4.99 Å². The van der Waals surface area contributed by atoms with E-state index in [0.717, 1.165) is 23.6 Å². The minimum Gasteiger partial charge on any atom is -0.388 e. The van der Waals surface area contributed by atoms with Gasteiger partial charge in [0.1, 0.15) is 6.10 Å². The van der Waals surface area contributed by atoms with Gasteiger partial charge in [0.15, 0.2) is 5.96 Å². The lowest BCUT2D eigenvalue weighted by Gasteiger charge is -2.17. The molecule has 0 bridgehead atoms. The number of hydrogen-bond donors (Lipinski definition) is 3. The third-order valence-corrected chi connectivity index (χ3v) is 4.11. The van der Waals surface area contributed by atoms with Crippen molar-refractivity contribution < 1.29 is 9.84 Å². The Bertz CT molecular complexity index is 647. The third-order valence-electron chi connectivity index (χ3n) is 4.11. The monoisotopic (exact) mass is 355 g/mol. The fourth-order valence-corrected chi connectivity index (χ4v) is 2.67. The van der Waals surface area contributed by atoms with Crippen LogP contribution in [0.4, 0.5) is 0 Å². The summed E-state index contributed by atoms with van der Waals surface area (Å²) in [5.74, 6) is 0.728. The normalized spacial score (nSPS) is 13.9. The zero-order valence-electron chi connectivity index (χ0n) is 15.6. The van der Waals surface area contributed by atoms with Gasteiger partial charge in [-0.25, -0.2) is 0 Å². The molecular formula is C21H29N3O2. The summed E-state index contributed by atoms with van der Waals surface area (Å²) in [4.78, 5) is 4.62. The Morgan fingerprint density at radius 3 is 2.19 bits per heavy atom. The van der Waals surface area contributed by atoms with Crippen LogP contribution in [0.2, 0.25) is 0 Å². The summed E-state index contributed by atoms with van der Waals surface area (Å²) in [6.07, 6.45) is 0.0464. The van der Waals surface area contributed by atoms with Gasteiger partial charge < -0.3 is 20.5 Å². The molecule has 2 aromatic rings. The first-order valence-corrected chi connectivity index (χ1v) is 9.07. The van der Waals surface area contributed by atoms with Crippen molar-refractivity contribution in [3.05, 3.63) is 71.8 Å². The van der Waals surface area contributed by atoms with E-state index in [4.69, 9.17) is 4.74 Å². The van der Waals surface area contributed by atoms with Crippen molar-refractivity contribution in [2.24, 2.45) is 4.99 Å². The van der Waals surface area contributed by atoms with Gasteiger partial charge in [-0.15, -0.1) is 0 Å². The van der Waals surface area contributed by atoms with Crippen molar-refractivity contribution in [2.75, 3.05) is 26.7 Å². The number of aliphatic hydroxyl groups excluding tert-OH is 1. The Morgan fingerprint density at radius 1 is 1.00 bits per heavy atom. The first-order chi connectivity index (χ1) is 12.7. The Morgan fingerprint density at radius 2 is 1.62 bits per heavy atom. The molecule has 2 aromatic carbocycles. The van der Waals surface area contributed by atoms with Crippen LogP contribution in [0.3, 0.4) is 0 Å². The summed E-state index contributed by atoms with van der Waals surface area (Å²) in [6.45, 7) is 3.96. The number of nitrogens with zero attached hydrogens (tertiary/aromatic N) is 1. The summed E-state index contributed by atoms with van der Waals surface area (Å²) in [7, 11) is 1.70. The first-order valence-electron chi connectivity index (χ1n) is 9.07. The average Bonchev–Trinajstić information content (AvgIpc) is 2.69. The Labute approximate surface area is 156 Å². The maximum atomic E-state index is 10.2. The Hall–Kier alpha value is -2.37. The lowest BCUT2D eigenvalue weighted by Crippen LogP contribution is -2.38. The largest absolute Gasteiger partial charge is 0.388 e. The summed E-state index contributed by atoms with van der Waals surface area (Å²) in [5, 5.41) is 16.8. The number of hydrogen-bond acceptors (Lipinski definition) is 3. The lowest BCUT2D eigenvalue weighted by atomic mass is 10.1. The molecule has 0 spiro atoms. The highest BCUT2D eigenvalue weighted by atomic mass is 16.5. The van der Waals surface area contributed by atoms with Crippen LogP contribution in [0.15, 0.2) is 65.7 Å². The van der Waals surface area contributed by atoms with E-state index in [0.29, 0.717) is 19.5 Å². The van der Waals surface area contributed by atoms with Crippen molar-refractivity contribution in [3.8, 4) is 0 Å². The molecule has 2 rings (SSSR count). The Kier molecular flexibility index (Phi) is 8.66. The molecule has 0 saturated heterocycles. The summed E-state index contributed by atoms with van der Waals surface area (Å²) < 4.78 is 5.56. The van der Waals surface area contributed by atoms with Crippen molar-refractivity contribution in [2.45, 2.75) is 25.6 Å². The molecule has 0 heterocycles. The highest BCUT2D eigenvalue weighted by Crippen LogP contribution is 2.16. The standard InChI is InChI=1S/C21H29N3O2/c1-3-22-21(23-15-14-19(25)17-10-6-4-7-11-17)24-16-20(26-2)18-12-8-5-9-13-18/h4-13,19-20,25H,3,14-16H2,1-2H3,(H2,22,23,24). The van der Waals surface area contributed by atoms with Crippen LogP contribution in [0.25, 0.3) is 0 Å². The average molecular weight is 355 g/mol. The van der Waals surface area contributed by atoms with E-state index >= 15 is 0 Å². The van der Waals surface area contributed by atoms with Crippen LogP contribution < -0.4 is 10.6 Å². The van der Waals surface area contributed by atoms with E-state index in [-0.39, 0.29) is 6.10 Å². The molecule has 0 aliphatic heterocycles. The number of aliphatic imine (C=N–C) groups is 1. The lowest BCUT2D eigenvalue weighted by molar-refractivity contribution is 0.111. The van der Waals surface area contributed by atoms with Crippen LogP contribution in [0.5, 0.6) is 0 Å². The van der Waals surface area contributed by atoms with Gasteiger partial charge in [-0.1, -0.05) is 60.7 Å². The van der Waals surface area contributed by atoms with Gasteiger partial charge in [0.2, 0.25) is 0 Å². The molecule has 0 aliphatic carbocycles. The van der Waals surface area contributed by atoms with Gasteiger partial charge in [0.25, 0.3) is 0 Å². The second-order valence-corrected chi connectivity index (χ2v) is 6.00. The van der Waals surface area contributed by atoms with Crippen LogP contribution in [-0.2, 0) is 4.74 Å². The zero-order valence-corrected chi connectivity index (χ0v) is 15.6. The van der Waals surface area contributed by atoms with Gasteiger partial charge >= 0.3 is 0 Å². The molecule has 0 amide bonds. The van der Waals surface area contributed by atoms with Crippen LogP contribution in [0, 0.1) is 0 Å². The number of ether oxygens (including phenoxy) is 1. The molecule has 5 nitrogen and oxygen atoms in total. The van der Waals surface area contributed by atoms with Crippen molar-refractivity contribution in [1.82, 2.24) is 10.6 Å². The summed E-state index contributed by atoms with van der Waals surface area (Å²) in [6, 6.07) is 19.8. The number of rotatable bonds is 9. The summed E-state index contributed by atoms with van der Waals surface area (Å²) in [5.41, 5.74) is 2.04. The van der Waals surface area contributed by atoms with Gasteiger partial charge in [0.05, 0.1) is 12.6 Å². The molecule has 2 unspecified atom stereocenters. The predicted octanol–water partition coefficient (Wildman–Crippen LogP) is 3.05. The van der Waals surface area contributed by atoms with Gasteiger partial charge in [-0.05, 0) is 24.5 Å². The minimum atomic E-state index is -0.484. The second-order valence-electron chi connectivity index (χ2n) is 6.00. The van der Waals surface area contributed by atoms with Gasteiger partial charge in [-0.2, -0.15) is 0 Å². The molecule has 0 aromatic heterocycles. The highest BCUT2D eigenvalue weighted by molar-refractivity contribution is 5.79. The van der Waals surface area contributed by atoms with Crippen LogP contribution in [-0.4, -0.2) is 37.8 Å². The van der Waals surface area contributed by atoms with Crippen molar-refractivity contribution >= 4 is 5.96 Å². The smallest absolute Gasteiger partial charge is 0.191 e. The van der Waals surface area contributed by atoms with E-state index in [9.17, 15) is 5.11 Å².